The molecular weight excluding hydrogens is 134 g/mol. The molecule has 56 valence electrons. The highest BCUT2D eigenvalue weighted by Crippen LogP contribution is 2.14. The van der Waals surface area contributed by atoms with Crippen LogP contribution in [-0.4, -0.2) is 17.3 Å². The van der Waals surface area contributed by atoms with E-state index in [1.54, 1.807) is 13.8 Å². The lowest BCUT2D eigenvalue weighted by Gasteiger charge is -2.26. The summed E-state index contributed by atoms with van der Waals surface area (Å²) in [6, 6.07) is 0. The molecule has 0 aromatic heterocycles. The lowest BCUT2D eigenvalue weighted by Crippen LogP contribution is -2.49. The Kier molecular flexibility index (Phi) is 1.48. The molecule has 0 atom stereocenters. The molecule has 1 N–H and O–H groups in total. The smallest absolute Gasteiger partial charge is 0.251 e. The van der Waals surface area contributed by atoms with Crippen LogP contribution in [0.1, 0.15) is 20.3 Å². The molecule has 0 aromatic carbocycles. The van der Waals surface area contributed by atoms with Gasteiger partial charge in [-0.25, -0.2) is 5.48 Å². The number of rotatable bonds is 0. The summed E-state index contributed by atoms with van der Waals surface area (Å²) in [5, 5.41) is 0. The number of carbonyl (C=O) groups is 2. The van der Waals surface area contributed by atoms with Gasteiger partial charge in [-0.2, -0.15) is 0 Å². The van der Waals surface area contributed by atoms with Crippen LogP contribution < -0.4 is 5.48 Å². The standard InChI is InChI=1S/C6H9NO3/c1-6(2)4(8)3-5(9)7-10-6/h3H2,1-2H3,(H,7,9). The lowest BCUT2D eigenvalue weighted by molar-refractivity contribution is -0.171. The number of hydrogen-bond acceptors (Lipinski definition) is 3. The van der Waals surface area contributed by atoms with E-state index in [-0.39, 0.29) is 18.1 Å². The van der Waals surface area contributed by atoms with Crippen molar-refractivity contribution in [2.75, 3.05) is 0 Å². The van der Waals surface area contributed by atoms with Gasteiger partial charge in [0.05, 0.1) is 6.42 Å². The van der Waals surface area contributed by atoms with Crippen LogP contribution in [0.5, 0.6) is 0 Å². The van der Waals surface area contributed by atoms with Crippen molar-refractivity contribution in [1.82, 2.24) is 5.48 Å². The Morgan fingerprint density at radius 3 is 2.50 bits per heavy atom. The molecule has 1 fully saturated rings. The van der Waals surface area contributed by atoms with E-state index < -0.39 is 5.60 Å². The molecule has 4 nitrogen and oxygen atoms in total. The third kappa shape index (κ3) is 1.16. The Hall–Kier alpha value is -0.900. The van der Waals surface area contributed by atoms with Crippen LogP contribution in [0.3, 0.4) is 0 Å². The van der Waals surface area contributed by atoms with Crippen molar-refractivity contribution in [3.8, 4) is 0 Å². The minimum atomic E-state index is -0.853. The molecule has 0 bridgehead atoms. The van der Waals surface area contributed by atoms with Gasteiger partial charge in [0.1, 0.15) is 5.60 Å². The van der Waals surface area contributed by atoms with Gasteiger partial charge in [-0.3, -0.25) is 14.4 Å². The van der Waals surface area contributed by atoms with E-state index in [0.717, 1.165) is 0 Å². The van der Waals surface area contributed by atoms with E-state index in [2.05, 4.69) is 5.48 Å². The predicted molar refractivity (Wildman–Crippen MR) is 32.9 cm³/mol. The highest BCUT2D eigenvalue weighted by atomic mass is 16.7. The molecule has 1 rings (SSSR count). The third-order valence-electron chi connectivity index (χ3n) is 1.41. The lowest BCUT2D eigenvalue weighted by atomic mass is 10.00. The summed E-state index contributed by atoms with van der Waals surface area (Å²) in [6.07, 6.45) is -0.0764. The first-order chi connectivity index (χ1) is 4.52. The zero-order valence-electron chi connectivity index (χ0n) is 5.93. The molecule has 0 aromatic rings. The number of hydrogen-bond donors (Lipinski definition) is 1. The second-order valence-corrected chi connectivity index (χ2v) is 2.74. The van der Waals surface area contributed by atoms with Crippen LogP contribution in [0.4, 0.5) is 0 Å². The quantitative estimate of drug-likeness (QED) is 0.477. The Morgan fingerprint density at radius 1 is 1.50 bits per heavy atom. The summed E-state index contributed by atoms with van der Waals surface area (Å²) in [7, 11) is 0. The topological polar surface area (TPSA) is 55.4 Å². The van der Waals surface area contributed by atoms with Crippen LogP contribution in [0.25, 0.3) is 0 Å². The summed E-state index contributed by atoms with van der Waals surface area (Å²) in [5.74, 6) is -0.555. The fourth-order valence-electron chi connectivity index (χ4n) is 0.636. The molecule has 1 amide bonds. The molecule has 10 heavy (non-hydrogen) atoms. The average Bonchev–Trinajstić information content (AvgIpc) is 1.81. The molecule has 0 spiro atoms. The second-order valence-electron chi connectivity index (χ2n) is 2.74. The first-order valence-electron chi connectivity index (χ1n) is 3.02. The summed E-state index contributed by atoms with van der Waals surface area (Å²) in [5.41, 5.74) is 1.29. The molecule has 4 heteroatoms. The van der Waals surface area contributed by atoms with Gasteiger partial charge >= 0.3 is 0 Å². The summed E-state index contributed by atoms with van der Waals surface area (Å²) < 4.78 is 0. The number of carbonyl (C=O) groups excluding carboxylic acids is 2. The van der Waals surface area contributed by atoms with E-state index in [1.807, 2.05) is 0 Å². The fourth-order valence-corrected chi connectivity index (χ4v) is 0.636. The molecule has 1 aliphatic heterocycles. The highest BCUT2D eigenvalue weighted by molar-refractivity contribution is 6.03. The van der Waals surface area contributed by atoms with Crippen molar-refractivity contribution < 1.29 is 14.4 Å². The van der Waals surface area contributed by atoms with Gasteiger partial charge in [-0.05, 0) is 13.8 Å². The number of Topliss-reactive ketones (excluding diaryl/α,β-unsaturated/α-hetero) is 1. The first-order valence-corrected chi connectivity index (χ1v) is 3.02. The number of amides is 1. The van der Waals surface area contributed by atoms with Gasteiger partial charge in [0.15, 0.2) is 5.78 Å². The fraction of sp³-hybridized carbons (Fsp3) is 0.667. The van der Waals surface area contributed by atoms with Gasteiger partial charge in [0.25, 0.3) is 5.91 Å². The second kappa shape index (κ2) is 2.05. The van der Waals surface area contributed by atoms with Crippen molar-refractivity contribution >= 4 is 11.7 Å². The first kappa shape index (κ1) is 7.21. The molecule has 0 aliphatic carbocycles. The Labute approximate surface area is 58.5 Å². The molecule has 0 unspecified atom stereocenters. The van der Waals surface area contributed by atoms with Crippen molar-refractivity contribution in [1.29, 1.82) is 0 Å². The van der Waals surface area contributed by atoms with Crippen molar-refractivity contribution in [2.24, 2.45) is 0 Å². The minimum Gasteiger partial charge on any atom is -0.296 e. The Balaban J connectivity index is 2.70. The summed E-state index contributed by atoms with van der Waals surface area (Å²) in [6.45, 7) is 3.24. The maximum atomic E-state index is 10.9. The van der Waals surface area contributed by atoms with Gasteiger partial charge in [-0.15, -0.1) is 0 Å². The van der Waals surface area contributed by atoms with Crippen LogP contribution in [0.15, 0.2) is 0 Å². The normalized spacial score (nSPS) is 24.2. The largest absolute Gasteiger partial charge is 0.296 e. The Bertz CT molecular complexity index is 185. The number of nitrogens with one attached hydrogen (secondary N) is 1. The van der Waals surface area contributed by atoms with Gasteiger partial charge in [0.2, 0.25) is 0 Å². The number of ketones is 1. The minimum absolute atomic E-state index is 0.0764. The molecule has 0 radical (unpaired) electrons. The zero-order chi connectivity index (χ0) is 7.78. The zero-order valence-corrected chi connectivity index (χ0v) is 5.93. The molecule has 1 heterocycles. The Morgan fingerprint density at radius 2 is 2.10 bits per heavy atom. The van der Waals surface area contributed by atoms with Gasteiger partial charge in [-0.1, -0.05) is 0 Å². The van der Waals surface area contributed by atoms with Crippen LogP contribution in [-0.2, 0) is 14.4 Å². The van der Waals surface area contributed by atoms with E-state index >= 15 is 0 Å². The van der Waals surface area contributed by atoms with Crippen LogP contribution in [0, 0.1) is 0 Å². The molecular formula is C6H9NO3. The van der Waals surface area contributed by atoms with Crippen LogP contribution >= 0.6 is 0 Å². The third-order valence-corrected chi connectivity index (χ3v) is 1.41. The molecule has 0 saturated carbocycles. The highest BCUT2D eigenvalue weighted by Gasteiger charge is 2.35. The van der Waals surface area contributed by atoms with Crippen molar-refractivity contribution in [3.05, 3.63) is 0 Å². The average molecular weight is 143 g/mol. The SMILES string of the molecule is CC1(C)ONC(=O)CC1=O. The van der Waals surface area contributed by atoms with Crippen molar-refractivity contribution in [3.63, 3.8) is 0 Å². The van der Waals surface area contributed by atoms with Crippen LogP contribution in [0.2, 0.25) is 0 Å². The van der Waals surface area contributed by atoms with E-state index in [9.17, 15) is 9.59 Å². The van der Waals surface area contributed by atoms with Gasteiger partial charge in [0, 0.05) is 0 Å². The van der Waals surface area contributed by atoms with Gasteiger partial charge < -0.3 is 0 Å². The van der Waals surface area contributed by atoms with E-state index in [0.29, 0.717) is 0 Å². The number of hydroxylamine groups is 1. The monoisotopic (exact) mass is 143 g/mol. The maximum absolute atomic E-state index is 10.9. The predicted octanol–water partition coefficient (Wildman–Crippen LogP) is -0.214. The van der Waals surface area contributed by atoms with E-state index in [1.165, 1.54) is 0 Å². The summed E-state index contributed by atoms with van der Waals surface area (Å²) in [4.78, 5) is 26.2. The molecule has 1 saturated heterocycles. The summed E-state index contributed by atoms with van der Waals surface area (Å²) >= 11 is 0. The maximum Gasteiger partial charge on any atom is 0.251 e. The van der Waals surface area contributed by atoms with Crippen molar-refractivity contribution in [2.45, 2.75) is 25.9 Å². The molecule has 1 aliphatic rings. The van der Waals surface area contributed by atoms with E-state index in [4.69, 9.17) is 4.84 Å².